The van der Waals surface area contributed by atoms with Crippen LogP contribution in [0.25, 0.3) is 11.5 Å². The van der Waals surface area contributed by atoms with Gasteiger partial charge in [-0.25, -0.2) is 9.78 Å². The van der Waals surface area contributed by atoms with Crippen molar-refractivity contribution >= 4 is 17.6 Å². The van der Waals surface area contributed by atoms with Gasteiger partial charge in [-0.15, -0.1) is 0 Å². The van der Waals surface area contributed by atoms with Gasteiger partial charge in [0, 0.05) is 10.6 Å². The molecular formula is C11H8ClNO3. The minimum absolute atomic E-state index is 0.146. The average Bonchev–Trinajstić information content (AvgIpc) is 2.78. The molecule has 1 aromatic carbocycles. The van der Waals surface area contributed by atoms with Crippen LogP contribution in [0.1, 0.15) is 10.5 Å². The highest BCUT2D eigenvalue weighted by Crippen LogP contribution is 2.20. The normalized spacial score (nSPS) is 10.1. The molecule has 0 amide bonds. The average molecular weight is 238 g/mol. The van der Waals surface area contributed by atoms with Crippen molar-refractivity contribution in [3.05, 3.63) is 41.2 Å². The first-order valence-electron chi connectivity index (χ1n) is 4.50. The molecule has 1 heterocycles. The van der Waals surface area contributed by atoms with E-state index in [1.807, 2.05) is 0 Å². The number of rotatable bonds is 2. The van der Waals surface area contributed by atoms with Crippen LogP contribution in [-0.4, -0.2) is 18.1 Å². The molecule has 0 atom stereocenters. The highest BCUT2D eigenvalue weighted by molar-refractivity contribution is 6.30. The fraction of sp³-hybridized carbons (Fsp3) is 0.0909. The molecule has 0 radical (unpaired) electrons. The summed E-state index contributed by atoms with van der Waals surface area (Å²) in [6.45, 7) is 0. The number of esters is 1. The van der Waals surface area contributed by atoms with E-state index in [1.165, 1.54) is 13.4 Å². The van der Waals surface area contributed by atoms with Crippen LogP contribution in [0, 0.1) is 0 Å². The Morgan fingerprint density at radius 2 is 2.06 bits per heavy atom. The number of methoxy groups -OCH3 is 1. The Labute approximate surface area is 96.8 Å². The number of benzene rings is 1. The summed E-state index contributed by atoms with van der Waals surface area (Å²) >= 11 is 5.75. The Balaban J connectivity index is 2.31. The summed E-state index contributed by atoms with van der Waals surface area (Å²) in [4.78, 5) is 15.1. The van der Waals surface area contributed by atoms with Crippen molar-refractivity contribution in [1.29, 1.82) is 0 Å². The lowest BCUT2D eigenvalue weighted by atomic mass is 10.2. The number of oxazole rings is 1. The van der Waals surface area contributed by atoms with Gasteiger partial charge in [0.05, 0.1) is 7.11 Å². The lowest BCUT2D eigenvalue weighted by molar-refractivity contribution is 0.0594. The Hall–Kier alpha value is -1.81. The van der Waals surface area contributed by atoms with E-state index in [4.69, 9.17) is 16.0 Å². The summed E-state index contributed by atoms with van der Waals surface area (Å²) in [6.07, 6.45) is 1.26. The molecule has 0 saturated carbocycles. The third kappa shape index (κ3) is 2.06. The van der Waals surface area contributed by atoms with Gasteiger partial charge in [0.2, 0.25) is 5.89 Å². The number of hydrogen-bond acceptors (Lipinski definition) is 4. The zero-order chi connectivity index (χ0) is 11.5. The highest BCUT2D eigenvalue weighted by atomic mass is 35.5. The summed E-state index contributed by atoms with van der Waals surface area (Å²) in [5.41, 5.74) is 0.895. The molecule has 0 spiro atoms. The number of carbonyl (C=O) groups is 1. The van der Waals surface area contributed by atoms with Gasteiger partial charge in [0.15, 0.2) is 5.69 Å². The highest BCUT2D eigenvalue weighted by Gasteiger charge is 2.13. The molecule has 0 fully saturated rings. The van der Waals surface area contributed by atoms with Gasteiger partial charge in [-0.2, -0.15) is 0 Å². The van der Waals surface area contributed by atoms with Crippen LogP contribution in [-0.2, 0) is 4.74 Å². The van der Waals surface area contributed by atoms with Gasteiger partial charge in [0.25, 0.3) is 0 Å². The fourth-order valence-corrected chi connectivity index (χ4v) is 1.32. The van der Waals surface area contributed by atoms with E-state index in [-0.39, 0.29) is 5.69 Å². The lowest BCUT2D eigenvalue weighted by Crippen LogP contribution is -2.00. The maximum atomic E-state index is 11.1. The van der Waals surface area contributed by atoms with E-state index >= 15 is 0 Å². The minimum atomic E-state index is -0.524. The van der Waals surface area contributed by atoms with E-state index in [2.05, 4.69) is 9.72 Å². The van der Waals surface area contributed by atoms with Gasteiger partial charge < -0.3 is 9.15 Å². The van der Waals surface area contributed by atoms with Gasteiger partial charge in [0.1, 0.15) is 6.26 Å². The van der Waals surface area contributed by atoms with Crippen LogP contribution in [0.5, 0.6) is 0 Å². The van der Waals surface area contributed by atoms with E-state index in [0.29, 0.717) is 10.9 Å². The van der Waals surface area contributed by atoms with Crippen molar-refractivity contribution in [1.82, 2.24) is 4.98 Å². The first-order valence-corrected chi connectivity index (χ1v) is 4.88. The Bertz CT molecular complexity index is 504. The monoisotopic (exact) mass is 237 g/mol. The summed E-state index contributed by atoms with van der Waals surface area (Å²) < 4.78 is 9.68. The number of halogens is 1. The van der Waals surface area contributed by atoms with Crippen LogP contribution in [0.2, 0.25) is 5.02 Å². The van der Waals surface area contributed by atoms with Crippen LogP contribution in [0.15, 0.2) is 34.9 Å². The molecule has 0 bridgehead atoms. The van der Waals surface area contributed by atoms with Crippen molar-refractivity contribution in [2.24, 2.45) is 0 Å². The third-order valence-electron chi connectivity index (χ3n) is 1.99. The molecule has 0 N–H and O–H groups in total. The Kier molecular flexibility index (Phi) is 2.92. The molecule has 0 saturated heterocycles. The molecule has 0 unspecified atom stereocenters. The van der Waals surface area contributed by atoms with Crippen LogP contribution >= 0.6 is 11.6 Å². The topological polar surface area (TPSA) is 52.3 Å². The second-order valence-electron chi connectivity index (χ2n) is 3.04. The van der Waals surface area contributed by atoms with E-state index in [0.717, 1.165) is 5.56 Å². The lowest BCUT2D eigenvalue weighted by Gasteiger charge is -1.94. The molecule has 0 aliphatic carbocycles. The van der Waals surface area contributed by atoms with Crippen LogP contribution in [0.4, 0.5) is 0 Å². The maximum Gasteiger partial charge on any atom is 0.360 e. The van der Waals surface area contributed by atoms with Gasteiger partial charge in [-0.3, -0.25) is 0 Å². The van der Waals surface area contributed by atoms with Crippen molar-refractivity contribution in [3.63, 3.8) is 0 Å². The van der Waals surface area contributed by atoms with E-state index in [9.17, 15) is 4.79 Å². The number of ether oxygens (including phenoxy) is 1. The summed E-state index contributed by atoms with van der Waals surface area (Å²) in [7, 11) is 1.29. The number of aromatic nitrogens is 1. The van der Waals surface area contributed by atoms with Crippen molar-refractivity contribution in [2.45, 2.75) is 0 Å². The number of hydrogen-bond donors (Lipinski definition) is 0. The molecular weight excluding hydrogens is 230 g/mol. The standard InChI is InChI=1S/C11H8ClNO3/c1-15-11(14)9-6-16-10(13-9)7-2-4-8(12)5-3-7/h2-6H,1H3. The Morgan fingerprint density at radius 1 is 1.38 bits per heavy atom. The smallest absolute Gasteiger partial charge is 0.360 e. The zero-order valence-electron chi connectivity index (χ0n) is 8.44. The maximum absolute atomic E-state index is 11.1. The number of nitrogens with zero attached hydrogens (tertiary/aromatic N) is 1. The van der Waals surface area contributed by atoms with E-state index in [1.54, 1.807) is 24.3 Å². The SMILES string of the molecule is COC(=O)c1coc(-c2ccc(Cl)cc2)n1. The van der Waals surface area contributed by atoms with Crippen LogP contribution < -0.4 is 0 Å². The first-order chi connectivity index (χ1) is 7.70. The molecule has 0 aliphatic rings. The molecule has 1 aromatic heterocycles. The second-order valence-corrected chi connectivity index (χ2v) is 3.47. The minimum Gasteiger partial charge on any atom is -0.464 e. The summed E-state index contributed by atoms with van der Waals surface area (Å²) in [5, 5.41) is 0.628. The van der Waals surface area contributed by atoms with Gasteiger partial charge in [-0.05, 0) is 24.3 Å². The molecule has 82 valence electrons. The molecule has 16 heavy (non-hydrogen) atoms. The summed E-state index contributed by atoms with van der Waals surface area (Å²) in [6, 6.07) is 6.96. The second kappa shape index (κ2) is 4.37. The number of carbonyl (C=O) groups excluding carboxylic acids is 1. The predicted molar refractivity (Wildman–Crippen MR) is 58.3 cm³/mol. The van der Waals surface area contributed by atoms with Gasteiger partial charge >= 0.3 is 5.97 Å². The van der Waals surface area contributed by atoms with E-state index < -0.39 is 5.97 Å². The van der Waals surface area contributed by atoms with Crippen molar-refractivity contribution in [2.75, 3.05) is 7.11 Å². The molecule has 2 aromatic rings. The molecule has 4 nitrogen and oxygen atoms in total. The molecule has 0 aliphatic heterocycles. The van der Waals surface area contributed by atoms with Crippen LogP contribution in [0.3, 0.4) is 0 Å². The molecule has 5 heteroatoms. The van der Waals surface area contributed by atoms with Gasteiger partial charge in [-0.1, -0.05) is 11.6 Å². The predicted octanol–water partition coefficient (Wildman–Crippen LogP) is 2.78. The van der Waals surface area contributed by atoms with Crippen molar-refractivity contribution < 1.29 is 13.9 Å². The largest absolute Gasteiger partial charge is 0.464 e. The first kappa shape index (κ1) is 10.7. The van der Waals surface area contributed by atoms with Crippen molar-refractivity contribution in [3.8, 4) is 11.5 Å². The fourth-order valence-electron chi connectivity index (χ4n) is 1.20. The Morgan fingerprint density at radius 3 is 2.69 bits per heavy atom. The quantitative estimate of drug-likeness (QED) is 0.754. The third-order valence-corrected chi connectivity index (χ3v) is 2.24. The summed E-state index contributed by atoms with van der Waals surface area (Å²) in [5.74, 6) is -0.166. The molecule has 2 rings (SSSR count). The zero-order valence-corrected chi connectivity index (χ0v) is 9.19.